The number of amidine groups is 1. The fraction of sp³-hybridized carbons (Fsp3) is 0.889. The van der Waals surface area contributed by atoms with E-state index in [1.807, 2.05) is 11.8 Å². The molecule has 0 saturated carbocycles. The van der Waals surface area contributed by atoms with Crippen LogP contribution in [0.4, 0.5) is 0 Å². The van der Waals surface area contributed by atoms with E-state index in [2.05, 4.69) is 23.8 Å². The molecule has 1 aliphatic rings. The van der Waals surface area contributed by atoms with E-state index >= 15 is 0 Å². The monoisotopic (exact) mass is 201 g/mol. The van der Waals surface area contributed by atoms with Gasteiger partial charge in [-0.05, 0) is 12.8 Å². The van der Waals surface area contributed by atoms with Crippen LogP contribution in [0.2, 0.25) is 0 Å². The van der Waals surface area contributed by atoms with Crippen molar-refractivity contribution in [3.05, 3.63) is 0 Å². The molecule has 0 aromatic rings. The van der Waals surface area contributed by atoms with Crippen molar-refractivity contribution < 1.29 is 0 Å². The molecule has 4 heteroatoms. The van der Waals surface area contributed by atoms with Gasteiger partial charge in [0.05, 0.1) is 5.75 Å². The highest BCUT2D eigenvalue weighted by Crippen LogP contribution is 2.05. The van der Waals surface area contributed by atoms with Crippen LogP contribution in [0.15, 0.2) is 0 Å². The predicted molar refractivity (Wildman–Crippen MR) is 59.8 cm³/mol. The minimum absolute atomic E-state index is 0.806. The number of hydrogen-bond acceptors (Lipinski definition) is 3. The first kappa shape index (κ1) is 10.9. The van der Waals surface area contributed by atoms with Gasteiger partial charge in [0.1, 0.15) is 5.84 Å². The van der Waals surface area contributed by atoms with Gasteiger partial charge in [-0.2, -0.15) is 11.8 Å². The zero-order valence-electron chi connectivity index (χ0n) is 8.55. The summed E-state index contributed by atoms with van der Waals surface area (Å²) in [6, 6.07) is 0. The van der Waals surface area contributed by atoms with Crippen molar-refractivity contribution in [1.29, 1.82) is 5.41 Å². The maximum absolute atomic E-state index is 7.84. The molecule has 0 spiro atoms. The second-order valence-electron chi connectivity index (χ2n) is 3.37. The van der Waals surface area contributed by atoms with Gasteiger partial charge in [-0.3, -0.25) is 5.41 Å². The highest BCUT2D eigenvalue weighted by molar-refractivity contribution is 7.99. The summed E-state index contributed by atoms with van der Waals surface area (Å²) in [5.74, 6) is 2.79. The molecule has 13 heavy (non-hydrogen) atoms. The topological polar surface area (TPSA) is 30.3 Å². The molecule has 1 fully saturated rings. The van der Waals surface area contributed by atoms with Gasteiger partial charge >= 0.3 is 0 Å². The van der Waals surface area contributed by atoms with Gasteiger partial charge in [-0.15, -0.1) is 0 Å². The predicted octanol–water partition coefficient (Wildman–Crippen LogP) is 0.964. The SMILES string of the molecule is CCSCC(=N)N1CCN(C)CC1. The minimum Gasteiger partial charge on any atom is -0.357 e. The molecule has 0 unspecified atom stereocenters. The largest absolute Gasteiger partial charge is 0.357 e. The Balaban J connectivity index is 2.23. The van der Waals surface area contributed by atoms with E-state index in [1.54, 1.807) is 0 Å². The van der Waals surface area contributed by atoms with Crippen LogP contribution in [0.1, 0.15) is 6.92 Å². The Morgan fingerprint density at radius 2 is 1.92 bits per heavy atom. The summed E-state index contributed by atoms with van der Waals surface area (Å²) in [5, 5.41) is 7.84. The maximum Gasteiger partial charge on any atom is 0.106 e. The third-order valence-electron chi connectivity index (χ3n) is 2.33. The fourth-order valence-corrected chi connectivity index (χ4v) is 1.95. The van der Waals surface area contributed by atoms with Gasteiger partial charge in [0.2, 0.25) is 0 Å². The third-order valence-corrected chi connectivity index (χ3v) is 3.21. The molecule has 76 valence electrons. The molecule has 1 saturated heterocycles. The van der Waals surface area contributed by atoms with Crippen LogP contribution in [0, 0.1) is 5.41 Å². The standard InChI is InChI=1S/C9H19N3S/c1-3-13-8-9(10)12-6-4-11(2)5-7-12/h10H,3-8H2,1-2H3. The lowest BCUT2D eigenvalue weighted by atomic mass is 10.3. The average Bonchev–Trinajstić information content (AvgIpc) is 2.15. The summed E-state index contributed by atoms with van der Waals surface area (Å²) in [5.41, 5.74) is 0. The average molecular weight is 201 g/mol. The van der Waals surface area contributed by atoms with Gasteiger partial charge in [0.25, 0.3) is 0 Å². The normalized spacial score (nSPS) is 19.1. The summed E-state index contributed by atoms with van der Waals surface area (Å²) in [6.07, 6.45) is 0. The maximum atomic E-state index is 7.84. The third kappa shape index (κ3) is 3.56. The Bertz CT molecular complexity index is 164. The highest BCUT2D eigenvalue weighted by Gasteiger charge is 2.15. The molecule has 0 radical (unpaired) electrons. The van der Waals surface area contributed by atoms with E-state index < -0.39 is 0 Å². The van der Waals surface area contributed by atoms with E-state index in [0.29, 0.717) is 0 Å². The van der Waals surface area contributed by atoms with Crippen LogP contribution in [-0.2, 0) is 0 Å². The molecule has 0 bridgehead atoms. The summed E-state index contributed by atoms with van der Waals surface area (Å²) in [4.78, 5) is 4.51. The number of likely N-dealkylation sites (N-methyl/N-ethyl adjacent to an activating group) is 1. The summed E-state index contributed by atoms with van der Waals surface area (Å²) in [6.45, 7) is 6.39. The second-order valence-corrected chi connectivity index (χ2v) is 4.65. The molecule has 0 aromatic heterocycles. The van der Waals surface area contributed by atoms with E-state index in [9.17, 15) is 0 Å². The van der Waals surface area contributed by atoms with Crippen molar-refractivity contribution in [3.63, 3.8) is 0 Å². The van der Waals surface area contributed by atoms with Crippen LogP contribution in [0.25, 0.3) is 0 Å². The quantitative estimate of drug-likeness (QED) is 0.545. The summed E-state index contributed by atoms with van der Waals surface area (Å²) < 4.78 is 0. The van der Waals surface area contributed by atoms with Gasteiger partial charge < -0.3 is 9.80 Å². The van der Waals surface area contributed by atoms with Crippen molar-refractivity contribution in [2.45, 2.75) is 6.92 Å². The van der Waals surface area contributed by atoms with E-state index in [4.69, 9.17) is 5.41 Å². The first-order valence-corrected chi connectivity index (χ1v) is 5.98. The number of rotatable bonds is 3. The van der Waals surface area contributed by atoms with Crippen molar-refractivity contribution in [2.24, 2.45) is 0 Å². The lowest BCUT2D eigenvalue weighted by Crippen LogP contribution is -2.47. The molecule has 1 heterocycles. The van der Waals surface area contributed by atoms with Crippen molar-refractivity contribution in [1.82, 2.24) is 9.80 Å². The first-order valence-electron chi connectivity index (χ1n) is 4.82. The highest BCUT2D eigenvalue weighted by atomic mass is 32.2. The van der Waals surface area contributed by atoms with E-state index in [-0.39, 0.29) is 0 Å². The van der Waals surface area contributed by atoms with Crippen LogP contribution in [0.3, 0.4) is 0 Å². The zero-order chi connectivity index (χ0) is 9.68. The molecular formula is C9H19N3S. The smallest absolute Gasteiger partial charge is 0.106 e. The number of hydrogen-bond donors (Lipinski definition) is 1. The Hall–Kier alpha value is -0.220. The van der Waals surface area contributed by atoms with Crippen LogP contribution >= 0.6 is 11.8 Å². The van der Waals surface area contributed by atoms with Gasteiger partial charge in [0, 0.05) is 26.2 Å². The zero-order valence-corrected chi connectivity index (χ0v) is 9.36. The number of nitrogens with one attached hydrogen (secondary N) is 1. The summed E-state index contributed by atoms with van der Waals surface area (Å²) >= 11 is 1.83. The molecule has 0 aliphatic carbocycles. The molecule has 0 atom stereocenters. The molecule has 0 aromatic carbocycles. The van der Waals surface area contributed by atoms with E-state index in [0.717, 1.165) is 43.5 Å². The first-order chi connectivity index (χ1) is 6.24. The molecule has 1 N–H and O–H groups in total. The molecule has 1 rings (SSSR count). The van der Waals surface area contributed by atoms with Crippen molar-refractivity contribution in [2.75, 3.05) is 44.7 Å². The Morgan fingerprint density at radius 3 is 2.46 bits per heavy atom. The Labute approximate surface area is 85.0 Å². The molecule has 0 amide bonds. The van der Waals surface area contributed by atoms with Crippen LogP contribution in [0.5, 0.6) is 0 Å². The minimum atomic E-state index is 0.806. The van der Waals surface area contributed by atoms with Gasteiger partial charge in [-0.25, -0.2) is 0 Å². The lowest BCUT2D eigenvalue weighted by Gasteiger charge is -2.33. The van der Waals surface area contributed by atoms with Crippen LogP contribution < -0.4 is 0 Å². The molecule has 3 nitrogen and oxygen atoms in total. The fourth-order valence-electron chi connectivity index (χ4n) is 1.37. The summed E-state index contributed by atoms with van der Waals surface area (Å²) in [7, 11) is 2.14. The Morgan fingerprint density at radius 1 is 1.31 bits per heavy atom. The molecular weight excluding hydrogens is 182 g/mol. The number of nitrogens with zero attached hydrogens (tertiary/aromatic N) is 2. The lowest BCUT2D eigenvalue weighted by molar-refractivity contribution is 0.214. The number of piperazine rings is 1. The van der Waals surface area contributed by atoms with Gasteiger partial charge in [-0.1, -0.05) is 6.92 Å². The second kappa shape index (κ2) is 5.50. The van der Waals surface area contributed by atoms with Gasteiger partial charge in [0.15, 0.2) is 0 Å². The number of thioether (sulfide) groups is 1. The van der Waals surface area contributed by atoms with E-state index in [1.165, 1.54) is 0 Å². The Kier molecular flexibility index (Phi) is 4.59. The van der Waals surface area contributed by atoms with Crippen molar-refractivity contribution in [3.8, 4) is 0 Å². The molecule has 1 aliphatic heterocycles. The van der Waals surface area contributed by atoms with Crippen molar-refractivity contribution >= 4 is 17.6 Å². The van der Waals surface area contributed by atoms with Crippen LogP contribution in [-0.4, -0.2) is 60.4 Å².